The van der Waals surface area contributed by atoms with E-state index in [9.17, 15) is 9.59 Å². The van der Waals surface area contributed by atoms with E-state index in [2.05, 4.69) is 20.3 Å². The van der Waals surface area contributed by atoms with Gasteiger partial charge in [-0.05, 0) is 30.5 Å². The van der Waals surface area contributed by atoms with Gasteiger partial charge < -0.3 is 10.2 Å². The molecule has 0 bridgehead atoms. The van der Waals surface area contributed by atoms with Crippen molar-refractivity contribution in [2.45, 2.75) is 32.2 Å². The molecule has 8 heteroatoms. The molecule has 1 fully saturated rings. The molecule has 1 aromatic heterocycles. The summed E-state index contributed by atoms with van der Waals surface area (Å²) in [5, 5.41) is 8.67. The number of rotatable bonds is 5. The quantitative estimate of drug-likeness (QED) is 0.673. The highest BCUT2D eigenvalue weighted by Crippen LogP contribution is 2.28. The average Bonchev–Trinajstić information content (AvgIpc) is 3.35. The average molecular weight is 428 g/mol. The molecule has 2 aliphatic heterocycles. The van der Waals surface area contributed by atoms with Gasteiger partial charge in [0.05, 0.1) is 17.6 Å². The molecule has 2 amide bonds. The third-order valence-electron chi connectivity index (χ3n) is 5.73. The molecule has 3 aromatic rings. The number of hydrogen-bond donors (Lipinski definition) is 1. The Morgan fingerprint density at radius 3 is 2.34 bits per heavy atom. The highest BCUT2D eigenvalue weighted by atomic mass is 16.2. The van der Waals surface area contributed by atoms with E-state index in [-0.39, 0.29) is 18.2 Å². The van der Waals surface area contributed by atoms with E-state index in [0.29, 0.717) is 30.3 Å². The fourth-order valence-electron chi connectivity index (χ4n) is 4.05. The summed E-state index contributed by atoms with van der Waals surface area (Å²) in [4.78, 5) is 37.1. The third-order valence-corrected chi connectivity index (χ3v) is 5.73. The third kappa shape index (κ3) is 4.16. The Kier molecular flexibility index (Phi) is 5.49. The lowest BCUT2D eigenvalue weighted by Gasteiger charge is -2.24. The maximum Gasteiger partial charge on any atom is 0.273 e. The Labute approximate surface area is 186 Å². The summed E-state index contributed by atoms with van der Waals surface area (Å²) in [6, 6.07) is 17.3. The Hall–Kier alpha value is -3.81. The van der Waals surface area contributed by atoms with Crippen molar-refractivity contribution in [2.24, 2.45) is 5.10 Å². The fraction of sp³-hybridized carbons (Fsp3) is 0.292. The molecule has 0 aliphatic carbocycles. The number of nitrogens with zero attached hydrogens (tertiary/aromatic N) is 5. The highest BCUT2D eigenvalue weighted by molar-refractivity contribution is 6.43. The number of hydrogen-bond acceptors (Lipinski definition) is 6. The largest absolute Gasteiger partial charge is 0.354 e. The van der Waals surface area contributed by atoms with Crippen molar-refractivity contribution in [3.05, 3.63) is 60.2 Å². The van der Waals surface area contributed by atoms with Crippen molar-refractivity contribution in [3.63, 3.8) is 0 Å². The second-order valence-electron chi connectivity index (χ2n) is 8.02. The number of aromatic nitrogens is 2. The van der Waals surface area contributed by atoms with Crippen LogP contribution in [0.25, 0.3) is 11.0 Å². The molecule has 32 heavy (non-hydrogen) atoms. The van der Waals surface area contributed by atoms with E-state index >= 15 is 0 Å². The van der Waals surface area contributed by atoms with Crippen LogP contribution >= 0.6 is 0 Å². The Bertz CT molecular complexity index is 1190. The molecule has 1 N–H and O–H groups in total. The maximum absolute atomic E-state index is 13.1. The predicted molar refractivity (Wildman–Crippen MR) is 123 cm³/mol. The molecule has 8 nitrogen and oxygen atoms in total. The lowest BCUT2D eigenvalue weighted by Crippen LogP contribution is -2.36. The number of carbonyl (C=O) groups is 2. The molecule has 5 rings (SSSR count). The van der Waals surface area contributed by atoms with Crippen LogP contribution in [0.15, 0.2) is 59.7 Å². The van der Waals surface area contributed by atoms with E-state index in [4.69, 9.17) is 4.98 Å². The smallest absolute Gasteiger partial charge is 0.273 e. The number of anilines is 2. The van der Waals surface area contributed by atoms with Crippen molar-refractivity contribution in [3.8, 4) is 0 Å². The van der Waals surface area contributed by atoms with Crippen LogP contribution in [0, 0.1) is 0 Å². The molecular weight excluding hydrogens is 404 g/mol. The summed E-state index contributed by atoms with van der Waals surface area (Å²) in [5.74, 6) is 0.683. The first-order chi connectivity index (χ1) is 15.7. The molecule has 0 radical (unpaired) electrons. The van der Waals surface area contributed by atoms with Crippen LogP contribution in [-0.2, 0) is 16.1 Å². The van der Waals surface area contributed by atoms with Crippen molar-refractivity contribution < 1.29 is 9.59 Å². The summed E-state index contributed by atoms with van der Waals surface area (Å²) >= 11 is 0. The van der Waals surface area contributed by atoms with Gasteiger partial charge in [0.15, 0.2) is 11.6 Å². The van der Waals surface area contributed by atoms with Gasteiger partial charge >= 0.3 is 0 Å². The molecular formula is C24H24N6O2. The molecule has 0 spiro atoms. The van der Waals surface area contributed by atoms with Gasteiger partial charge in [-0.1, -0.05) is 42.5 Å². The first kappa shape index (κ1) is 20.1. The van der Waals surface area contributed by atoms with Crippen LogP contribution in [0.3, 0.4) is 0 Å². The second-order valence-corrected chi connectivity index (χ2v) is 8.02. The number of fused-ring (bicyclic) bond motifs is 1. The van der Waals surface area contributed by atoms with E-state index in [1.807, 2.05) is 54.6 Å². The zero-order valence-corrected chi connectivity index (χ0v) is 17.7. The van der Waals surface area contributed by atoms with Crippen molar-refractivity contribution >= 4 is 40.2 Å². The number of benzene rings is 2. The van der Waals surface area contributed by atoms with Crippen LogP contribution in [0.2, 0.25) is 0 Å². The number of nitrogens with one attached hydrogen (secondary N) is 1. The van der Waals surface area contributed by atoms with Crippen LogP contribution in [0.1, 0.15) is 31.2 Å². The molecule has 162 valence electrons. The predicted octanol–water partition coefficient (Wildman–Crippen LogP) is 3.35. The first-order valence-electron chi connectivity index (χ1n) is 10.9. The van der Waals surface area contributed by atoms with Crippen molar-refractivity contribution in [1.29, 1.82) is 0 Å². The maximum atomic E-state index is 13.1. The van der Waals surface area contributed by atoms with Gasteiger partial charge in [-0.25, -0.2) is 15.0 Å². The van der Waals surface area contributed by atoms with Gasteiger partial charge in [0, 0.05) is 25.9 Å². The minimum Gasteiger partial charge on any atom is -0.354 e. The minimum absolute atomic E-state index is 0.0892. The summed E-state index contributed by atoms with van der Waals surface area (Å²) in [6.45, 7) is 2.11. The number of carbonyl (C=O) groups excluding carboxylic acids is 2. The molecule has 2 aliphatic rings. The van der Waals surface area contributed by atoms with Gasteiger partial charge in [0.1, 0.15) is 5.71 Å². The van der Waals surface area contributed by atoms with Gasteiger partial charge in [-0.3, -0.25) is 9.59 Å². The van der Waals surface area contributed by atoms with E-state index in [0.717, 1.165) is 42.5 Å². The molecule has 0 unspecified atom stereocenters. The fourth-order valence-corrected chi connectivity index (χ4v) is 4.05. The molecule has 0 saturated carbocycles. The first-order valence-corrected chi connectivity index (χ1v) is 10.9. The van der Waals surface area contributed by atoms with E-state index < -0.39 is 0 Å². The van der Waals surface area contributed by atoms with Crippen molar-refractivity contribution in [1.82, 2.24) is 15.0 Å². The van der Waals surface area contributed by atoms with Crippen LogP contribution < -0.4 is 10.2 Å². The van der Waals surface area contributed by atoms with Crippen LogP contribution in [0.5, 0.6) is 0 Å². The molecule has 0 atom stereocenters. The zero-order valence-electron chi connectivity index (χ0n) is 17.7. The molecule has 1 saturated heterocycles. The lowest BCUT2D eigenvalue weighted by molar-refractivity contribution is -0.132. The number of para-hydroxylation sites is 2. The summed E-state index contributed by atoms with van der Waals surface area (Å²) < 4.78 is 0. The van der Waals surface area contributed by atoms with E-state index in [1.165, 1.54) is 5.01 Å². The monoisotopic (exact) mass is 428 g/mol. The number of amides is 2. The standard InChI is InChI=1S/C24H24N6O2/c31-21-13-12-20(28-30(21)16-17-8-2-1-3-9-17)24(32)27-22-23(29-14-6-7-15-29)26-19-11-5-4-10-18(19)25-22/h1-5,8-11H,6-7,12-16H2,(H,25,27,32). The SMILES string of the molecule is O=C(Nc1nc2ccccc2nc1N1CCCC1)C1=NN(Cc2ccccc2)C(=O)CC1. The highest BCUT2D eigenvalue weighted by Gasteiger charge is 2.27. The van der Waals surface area contributed by atoms with Crippen LogP contribution in [-0.4, -0.2) is 45.6 Å². The van der Waals surface area contributed by atoms with Gasteiger partial charge in [-0.15, -0.1) is 0 Å². The Morgan fingerprint density at radius 1 is 0.906 bits per heavy atom. The van der Waals surface area contributed by atoms with Gasteiger partial charge in [-0.2, -0.15) is 5.10 Å². The molecule has 3 heterocycles. The summed E-state index contributed by atoms with van der Waals surface area (Å²) in [6.07, 6.45) is 2.73. The topological polar surface area (TPSA) is 90.8 Å². The Morgan fingerprint density at radius 2 is 1.59 bits per heavy atom. The normalized spacial score (nSPS) is 16.4. The summed E-state index contributed by atoms with van der Waals surface area (Å²) in [7, 11) is 0. The van der Waals surface area contributed by atoms with E-state index in [1.54, 1.807) is 0 Å². The lowest BCUT2D eigenvalue weighted by atomic mass is 10.1. The van der Waals surface area contributed by atoms with Crippen molar-refractivity contribution in [2.75, 3.05) is 23.3 Å². The van der Waals surface area contributed by atoms with Gasteiger partial charge in [0.2, 0.25) is 5.91 Å². The van der Waals surface area contributed by atoms with Crippen LogP contribution in [0.4, 0.5) is 11.6 Å². The number of hydrazone groups is 1. The molecule has 2 aromatic carbocycles. The van der Waals surface area contributed by atoms with Gasteiger partial charge in [0.25, 0.3) is 5.91 Å². The minimum atomic E-state index is -0.347. The Balaban J connectivity index is 1.41. The zero-order chi connectivity index (χ0) is 21.9. The second kappa shape index (κ2) is 8.74. The summed E-state index contributed by atoms with van der Waals surface area (Å²) in [5.41, 5.74) is 2.80.